The molecule has 0 saturated carbocycles. The van der Waals surface area contributed by atoms with Crippen LogP contribution in [0.3, 0.4) is 0 Å². The van der Waals surface area contributed by atoms with Gasteiger partial charge in [-0.2, -0.15) is 0 Å². The molecule has 0 spiro atoms. The van der Waals surface area contributed by atoms with Gasteiger partial charge in [0, 0.05) is 43.6 Å². The molecular formula is C21H23ClN6O2. The van der Waals surface area contributed by atoms with Gasteiger partial charge in [-0.1, -0.05) is 11.6 Å². The molecular weight excluding hydrogens is 404 g/mol. The molecule has 0 bridgehead atoms. The Kier molecular flexibility index (Phi) is 5.85. The minimum absolute atomic E-state index is 0.0137. The zero-order valence-electron chi connectivity index (χ0n) is 17.0. The van der Waals surface area contributed by atoms with E-state index in [9.17, 15) is 4.79 Å². The summed E-state index contributed by atoms with van der Waals surface area (Å²) in [6.45, 7) is 6.47. The number of aromatic nitrogens is 4. The number of hydrogen-bond donors (Lipinski definition) is 0. The zero-order chi connectivity index (χ0) is 21.1. The molecule has 0 atom stereocenters. The molecule has 8 nitrogen and oxygen atoms in total. The first-order chi connectivity index (χ1) is 14.5. The fourth-order valence-electron chi connectivity index (χ4n) is 3.36. The summed E-state index contributed by atoms with van der Waals surface area (Å²) in [6, 6.07) is 9.26. The number of amides is 1. The number of piperazine rings is 1. The Morgan fingerprint density at radius 3 is 2.43 bits per heavy atom. The highest BCUT2D eigenvalue weighted by Gasteiger charge is 2.22. The maximum atomic E-state index is 12.5. The lowest BCUT2D eigenvalue weighted by Gasteiger charge is -2.35. The van der Waals surface area contributed by atoms with E-state index in [4.69, 9.17) is 16.3 Å². The second-order valence-corrected chi connectivity index (χ2v) is 7.57. The van der Waals surface area contributed by atoms with E-state index in [1.165, 1.54) is 0 Å². The third kappa shape index (κ3) is 4.38. The standard InChI is InChI=1S/C21H23ClN6O2/c1-15-13-17(3-4-18(15)22)30-14-21(29)27-11-9-26(10-12-27)19-5-6-20(25-24-19)28-8-7-23-16(28)2/h3-8,13H,9-12,14H2,1-2H3. The van der Waals surface area contributed by atoms with Gasteiger partial charge in [-0.05, 0) is 49.7 Å². The highest BCUT2D eigenvalue weighted by molar-refractivity contribution is 6.31. The van der Waals surface area contributed by atoms with Crippen LogP contribution in [0.15, 0.2) is 42.7 Å². The number of halogens is 1. The fraction of sp³-hybridized carbons (Fsp3) is 0.333. The van der Waals surface area contributed by atoms with Crippen LogP contribution >= 0.6 is 11.6 Å². The lowest BCUT2D eigenvalue weighted by Crippen LogP contribution is -2.50. The molecule has 0 aliphatic carbocycles. The molecule has 1 aliphatic rings. The van der Waals surface area contributed by atoms with E-state index >= 15 is 0 Å². The van der Waals surface area contributed by atoms with Crippen LogP contribution in [0.4, 0.5) is 5.82 Å². The van der Waals surface area contributed by atoms with Crippen molar-refractivity contribution in [3.8, 4) is 11.6 Å². The molecule has 1 amide bonds. The van der Waals surface area contributed by atoms with E-state index in [0.717, 1.165) is 23.0 Å². The van der Waals surface area contributed by atoms with Gasteiger partial charge < -0.3 is 14.5 Å². The zero-order valence-corrected chi connectivity index (χ0v) is 17.7. The van der Waals surface area contributed by atoms with Crippen LogP contribution in [0.5, 0.6) is 5.75 Å². The van der Waals surface area contributed by atoms with Crippen LogP contribution in [0.25, 0.3) is 5.82 Å². The van der Waals surface area contributed by atoms with Gasteiger partial charge in [-0.25, -0.2) is 4.98 Å². The number of benzene rings is 1. The molecule has 4 rings (SSSR count). The Bertz CT molecular complexity index is 1030. The van der Waals surface area contributed by atoms with E-state index in [1.54, 1.807) is 18.3 Å². The summed E-state index contributed by atoms with van der Waals surface area (Å²) in [5.74, 6) is 3.01. The third-order valence-electron chi connectivity index (χ3n) is 5.16. The molecule has 30 heavy (non-hydrogen) atoms. The maximum absolute atomic E-state index is 12.5. The van der Waals surface area contributed by atoms with Crippen LogP contribution in [0.1, 0.15) is 11.4 Å². The first kappa shape index (κ1) is 20.2. The summed E-state index contributed by atoms with van der Waals surface area (Å²) < 4.78 is 7.52. The van der Waals surface area contributed by atoms with Crippen molar-refractivity contribution in [2.45, 2.75) is 13.8 Å². The van der Waals surface area contributed by atoms with Crippen molar-refractivity contribution in [1.29, 1.82) is 0 Å². The van der Waals surface area contributed by atoms with Crippen molar-refractivity contribution in [2.75, 3.05) is 37.7 Å². The highest BCUT2D eigenvalue weighted by atomic mass is 35.5. The first-order valence-corrected chi connectivity index (χ1v) is 10.1. The molecule has 3 aromatic rings. The lowest BCUT2D eigenvalue weighted by molar-refractivity contribution is -0.133. The van der Waals surface area contributed by atoms with E-state index in [1.807, 2.05) is 47.7 Å². The average molecular weight is 427 g/mol. The molecule has 1 aliphatic heterocycles. The molecule has 1 fully saturated rings. The number of ether oxygens (including phenoxy) is 1. The number of hydrogen-bond acceptors (Lipinski definition) is 6. The van der Waals surface area contributed by atoms with Crippen molar-refractivity contribution < 1.29 is 9.53 Å². The van der Waals surface area contributed by atoms with Gasteiger partial charge in [0.05, 0.1) is 0 Å². The number of imidazole rings is 1. The Morgan fingerprint density at radius 2 is 1.80 bits per heavy atom. The van der Waals surface area contributed by atoms with Crippen molar-refractivity contribution in [1.82, 2.24) is 24.6 Å². The van der Waals surface area contributed by atoms with Crippen molar-refractivity contribution in [3.63, 3.8) is 0 Å². The van der Waals surface area contributed by atoms with E-state index < -0.39 is 0 Å². The molecule has 1 aromatic carbocycles. The number of carbonyl (C=O) groups is 1. The predicted octanol–water partition coefficient (Wildman–Crippen LogP) is 2.66. The van der Waals surface area contributed by atoms with Crippen molar-refractivity contribution in [2.24, 2.45) is 0 Å². The molecule has 0 radical (unpaired) electrons. The number of aryl methyl sites for hydroxylation is 2. The smallest absolute Gasteiger partial charge is 0.260 e. The predicted molar refractivity (Wildman–Crippen MR) is 114 cm³/mol. The van der Waals surface area contributed by atoms with Gasteiger partial charge >= 0.3 is 0 Å². The summed E-state index contributed by atoms with van der Waals surface area (Å²) in [4.78, 5) is 20.6. The molecule has 156 valence electrons. The second-order valence-electron chi connectivity index (χ2n) is 7.16. The topological polar surface area (TPSA) is 76.4 Å². The molecule has 1 saturated heterocycles. The molecule has 3 heterocycles. The Labute approximate surface area is 180 Å². The van der Waals surface area contributed by atoms with Gasteiger partial charge in [-0.15, -0.1) is 10.2 Å². The fourth-order valence-corrected chi connectivity index (χ4v) is 3.48. The SMILES string of the molecule is Cc1cc(OCC(=O)N2CCN(c3ccc(-n4ccnc4C)nn3)CC2)ccc1Cl. The summed E-state index contributed by atoms with van der Waals surface area (Å²) >= 11 is 6.02. The molecule has 0 unspecified atom stereocenters. The largest absolute Gasteiger partial charge is 0.484 e. The molecule has 9 heteroatoms. The first-order valence-electron chi connectivity index (χ1n) is 9.77. The lowest BCUT2D eigenvalue weighted by atomic mass is 10.2. The molecule has 0 N–H and O–H groups in total. The number of anilines is 1. The van der Waals surface area contributed by atoms with E-state index in [2.05, 4.69) is 20.1 Å². The quantitative estimate of drug-likeness (QED) is 0.624. The minimum atomic E-state index is -0.0285. The van der Waals surface area contributed by atoms with Crippen LogP contribution in [0, 0.1) is 13.8 Å². The average Bonchev–Trinajstić information content (AvgIpc) is 3.20. The maximum Gasteiger partial charge on any atom is 0.260 e. The van der Waals surface area contributed by atoms with E-state index in [-0.39, 0.29) is 12.5 Å². The van der Waals surface area contributed by atoms with Crippen molar-refractivity contribution >= 4 is 23.3 Å². The summed E-state index contributed by atoms with van der Waals surface area (Å²) in [5, 5.41) is 9.34. The summed E-state index contributed by atoms with van der Waals surface area (Å²) in [7, 11) is 0. The monoisotopic (exact) mass is 426 g/mol. The third-order valence-corrected chi connectivity index (χ3v) is 5.58. The number of rotatable bonds is 5. The minimum Gasteiger partial charge on any atom is -0.484 e. The number of nitrogens with zero attached hydrogens (tertiary/aromatic N) is 6. The Morgan fingerprint density at radius 1 is 1.07 bits per heavy atom. The van der Waals surface area contributed by atoms with E-state index in [0.29, 0.717) is 37.0 Å². The Hall–Kier alpha value is -3.13. The molecule has 2 aromatic heterocycles. The highest BCUT2D eigenvalue weighted by Crippen LogP contribution is 2.21. The van der Waals surface area contributed by atoms with Gasteiger partial charge in [-0.3, -0.25) is 9.36 Å². The van der Waals surface area contributed by atoms with Gasteiger partial charge in [0.2, 0.25) is 0 Å². The van der Waals surface area contributed by atoms with Crippen molar-refractivity contribution in [3.05, 3.63) is 59.1 Å². The summed E-state index contributed by atoms with van der Waals surface area (Å²) in [6.07, 6.45) is 3.59. The van der Waals surface area contributed by atoms with Crippen LogP contribution in [0.2, 0.25) is 5.02 Å². The number of carbonyl (C=O) groups excluding carboxylic acids is 1. The van der Waals surface area contributed by atoms with Crippen LogP contribution in [-0.2, 0) is 4.79 Å². The van der Waals surface area contributed by atoms with Gasteiger partial charge in [0.25, 0.3) is 5.91 Å². The Balaban J connectivity index is 1.29. The van der Waals surface area contributed by atoms with Crippen LogP contribution in [-0.4, -0.2) is 63.3 Å². The van der Waals surface area contributed by atoms with Crippen LogP contribution < -0.4 is 9.64 Å². The normalized spacial score (nSPS) is 14.1. The summed E-state index contributed by atoms with van der Waals surface area (Å²) in [5.41, 5.74) is 0.922. The second kappa shape index (κ2) is 8.71. The van der Waals surface area contributed by atoms with Gasteiger partial charge in [0.15, 0.2) is 18.2 Å². The van der Waals surface area contributed by atoms with Gasteiger partial charge in [0.1, 0.15) is 11.6 Å².